The van der Waals surface area contributed by atoms with Gasteiger partial charge in [-0.05, 0) is 36.8 Å². The van der Waals surface area contributed by atoms with Crippen molar-refractivity contribution >= 4 is 17.5 Å². The second kappa shape index (κ2) is 8.72. The number of carbonyl (C=O) groups is 2. The highest BCUT2D eigenvalue weighted by atomic mass is 16.5. The van der Waals surface area contributed by atoms with Gasteiger partial charge in [0.05, 0.1) is 5.56 Å². The van der Waals surface area contributed by atoms with Crippen molar-refractivity contribution in [2.24, 2.45) is 0 Å². The molecule has 5 heteroatoms. The first-order valence-electron chi connectivity index (χ1n) is 8.03. The highest BCUT2D eigenvalue weighted by Gasteiger charge is 2.14. The predicted octanol–water partition coefficient (Wildman–Crippen LogP) is 3.97. The van der Waals surface area contributed by atoms with Gasteiger partial charge in [0.25, 0.3) is 5.91 Å². The minimum atomic E-state index is -0.221. The van der Waals surface area contributed by atoms with E-state index >= 15 is 0 Å². The molecule has 0 saturated carbocycles. The maximum absolute atomic E-state index is 12.5. The van der Waals surface area contributed by atoms with E-state index in [0.717, 1.165) is 12.8 Å². The van der Waals surface area contributed by atoms with Crippen molar-refractivity contribution in [3.05, 3.63) is 54.1 Å². The molecule has 0 saturated heterocycles. The topological polar surface area (TPSA) is 67.4 Å². The first kappa shape index (κ1) is 17.5. The van der Waals surface area contributed by atoms with Crippen LogP contribution in [0.1, 0.15) is 37.0 Å². The van der Waals surface area contributed by atoms with Gasteiger partial charge >= 0.3 is 0 Å². The van der Waals surface area contributed by atoms with E-state index in [-0.39, 0.29) is 11.8 Å². The van der Waals surface area contributed by atoms with Gasteiger partial charge in [0.1, 0.15) is 11.5 Å². The Morgan fingerprint density at radius 3 is 2.50 bits per heavy atom. The number of rotatable bonds is 7. The Morgan fingerprint density at radius 2 is 1.83 bits per heavy atom. The summed E-state index contributed by atoms with van der Waals surface area (Å²) >= 11 is 0. The lowest BCUT2D eigenvalue weighted by molar-refractivity contribution is -0.114. The fraction of sp³-hybridized carbons (Fsp3) is 0.263. The lowest BCUT2D eigenvalue weighted by Gasteiger charge is -2.13. The number of unbranched alkanes of at least 4 members (excludes halogenated alkanes) is 1. The van der Waals surface area contributed by atoms with Crippen molar-refractivity contribution in [3.63, 3.8) is 0 Å². The summed E-state index contributed by atoms with van der Waals surface area (Å²) in [7, 11) is 0. The van der Waals surface area contributed by atoms with E-state index in [1.165, 1.54) is 6.92 Å². The van der Waals surface area contributed by atoms with Crippen LogP contribution in [0.4, 0.5) is 5.69 Å². The molecule has 5 nitrogen and oxygen atoms in total. The highest BCUT2D eigenvalue weighted by molar-refractivity contribution is 5.99. The number of hydrogen-bond acceptors (Lipinski definition) is 3. The molecule has 0 radical (unpaired) electrons. The van der Waals surface area contributed by atoms with Crippen molar-refractivity contribution in [2.45, 2.75) is 26.7 Å². The number of ether oxygens (including phenoxy) is 1. The van der Waals surface area contributed by atoms with Crippen LogP contribution in [0.2, 0.25) is 0 Å². The summed E-state index contributed by atoms with van der Waals surface area (Å²) in [6.45, 7) is 4.09. The van der Waals surface area contributed by atoms with Crippen molar-refractivity contribution in [2.75, 3.05) is 11.9 Å². The van der Waals surface area contributed by atoms with Crippen molar-refractivity contribution in [3.8, 4) is 11.5 Å². The summed E-state index contributed by atoms with van der Waals surface area (Å²) in [5.41, 5.74) is 0.949. The zero-order chi connectivity index (χ0) is 17.4. The standard InChI is InChI=1S/C19H22N2O3/c1-3-4-12-20-19(23)17-13-15(21-14(2)22)10-11-18(17)24-16-8-6-5-7-9-16/h5-11,13H,3-4,12H2,1-2H3,(H,20,23)(H,21,22). The molecule has 2 amide bonds. The Balaban J connectivity index is 2.26. The van der Waals surface area contributed by atoms with Crippen molar-refractivity contribution in [1.82, 2.24) is 5.32 Å². The quantitative estimate of drug-likeness (QED) is 0.757. The van der Waals surface area contributed by atoms with Gasteiger partial charge in [-0.3, -0.25) is 9.59 Å². The largest absolute Gasteiger partial charge is 0.457 e. The van der Waals surface area contributed by atoms with Crippen molar-refractivity contribution in [1.29, 1.82) is 0 Å². The second-order valence-electron chi connectivity index (χ2n) is 5.42. The zero-order valence-corrected chi connectivity index (χ0v) is 14.0. The molecule has 0 aliphatic heterocycles. The molecule has 24 heavy (non-hydrogen) atoms. The van der Waals surface area contributed by atoms with Crippen LogP contribution in [0.15, 0.2) is 48.5 Å². The molecule has 2 N–H and O–H groups in total. The molecule has 0 heterocycles. The number of amides is 2. The van der Waals surface area contributed by atoms with E-state index in [4.69, 9.17) is 4.74 Å². The first-order valence-corrected chi connectivity index (χ1v) is 8.03. The maximum Gasteiger partial charge on any atom is 0.255 e. The number of anilines is 1. The van der Waals surface area contributed by atoms with Gasteiger partial charge in [0.15, 0.2) is 0 Å². The molecule has 0 fully saturated rings. The maximum atomic E-state index is 12.5. The molecule has 126 valence electrons. The average molecular weight is 326 g/mol. The summed E-state index contributed by atoms with van der Waals surface area (Å²) in [4.78, 5) is 23.7. The number of benzene rings is 2. The van der Waals surface area contributed by atoms with E-state index in [2.05, 4.69) is 17.6 Å². The van der Waals surface area contributed by atoms with Crippen LogP contribution in [0.5, 0.6) is 11.5 Å². The van der Waals surface area contributed by atoms with E-state index in [9.17, 15) is 9.59 Å². The van der Waals surface area contributed by atoms with Crippen LogP contribution in [0.25, 0.3) is 0 Å². The average Bonchev–Trinajstić information content (AvgIpc) is 2.57. The molecule has 2 rings (SSSR count). The van der Waals surface area contributed by atoms with Gasteiger partial charge in [-0.1, -0.05) is 31.5 Å². The Kier molecular flexibility index (Phi) is 6.37. The third kappa shape index (κ3) is 5.12. The van der Waals surface area contributed by atoms with Crippen LogP contribution < -0.4 is 15.4 Å². The summed E-state index contributed by atoms with van der Waals surface area (Å²) in [5.74, 6) is 0.683. The molecule has 0 bridgehead atoms. The van der Waals surface area contributed by atoms with E-state index < -0.39 is 0 Å². The van der Waals surface area contributed by atoms with Gasteiger partial charge in [0.2, 0.25) is 5.91 Å². The van der Waals surface area contributed by atoms with Crippen LogP contribution in [0.3, 0.4) is 0 Å². The number of carbonyl (C=O) groups excluding carboxylic acids is 2. The summed E-state index contributed by atoms with van der Waals surface area (Å²) in [5, 5.41) is 5.56. The monoisotopic (exact) mass is 326 g/mol. The fourth-order valence-corrected chi connectivity index (χ4v) is 2.17. The first-order chi connectivity index (χ1) is 11.6. The highest BCUT2D eigenvalue weighted by Crippen LogP contribution is 2.28. The molecule has 2 aromatic carbocycles. The lowest BCUT2D eigenvalue weighted by Crippen LogP contribution is -2.25. The zero-order valence-electron chi connectivity index (χ0n) is 14.0. The molecule has 0 unspecified atom stereocenters. The molecule has 0 aliphatic carbocycles. The SMILES string of the molecule is CCCCNC(=O)c1cc(NC(C)=O)ccc1Oc1ccccc1. The summed E-state index contributed by atoms with van der Waals surface area (Å²) in [6, 6.07) is 14.3. The van der Waals surface area contributed by atoms with Gasteiger partial charge in [-0.15, -0.1) is 0 Å². The Bertz CT molecular complexity index is 699. The smallest absolute Gasteiger partial charge is 0.255 e. The Labute approximate surface area is 142 Å². The fourth-order valence-electron chi connectivity index (χ4n) is 2.17. The van der Waals surface area contributed by atoms with E-state index in [0.29, 0.717) is 29.3 Å². The molecular formula is C19H22N2O3. The number of para-hydroxylation sites is 1. The third-order valence-corrected chi connectivity index (χ3v) is 3.33. The molecular weight excluding hydrogens is 304 g/mol. The molecule has 0 aromatic heterocycles. The minimum Gasteiger partial charge on any atom is -0.457 e. The van der Waals surface area contributed by atoms with Crippen LogP contribution >= 0.6 is 0 Å². The number of nitrogens with one attached hydrogen (secondary N) is 2. The second-order valence-corrected chi connectivity index (χ2v) is 5.42. The Hall–Kier alpha value is -2.82. The predicted molar refractivity (Wildman–Crippen MR) is 94.5 cm³/mol. The molecule has 0 spiro atoms. The van der Waals surface area contributed by atoms with Gasteiger partial charge in [-0.25, -0.2) is 0 Å². The van der Waals surface area contributed by atoms with Crippen molar-refractivity contribution < 1.29 is 14.3 Å². The summed E-state index contributed by atoms with van der Waals surface area (Å²) < 4.78 is 5.82. The molecule has 0 atom stereocenters. The van der Waals surface area contributed by atoms with Crippen LogP contribution in [0, 0.1) is 0 Å². The van der Waals surface area contributed by atoms with E-state index in [1.807, 2.05) is 30.3 Å². The van der Waals surface area contributed by atoms with Gasteiger partial charge in [-0.2, -0.15) is 0 Å². The van der Waals surface area contributed by atoms with E-state index in [1.54, 1.807) is 18.2 Å². The van der Waals surface area contributed by atoms with Gasteiger partial charge < -0.3 is 15.4 Å². The lowest BCUT2D eigenvalue weighted by atomic mass is 10.1. The molecule has 0 aliphatic rings. The minimum absolute atomic E-state index is 0.191. The summed E-state index contributed by atoms with van der Waals surface area (Å²) in [6.07, 6.45) is 1.91. The molecule has 2 aromatic rings. The van der Waals surface area contributed by atoms with Gasteiger partial charge in [0, 0.05) is 19.2 Å². The van der Waals surface area contributed by atoms with Crippen LogP contribution in [-0.4, -0.2) is 18.4 Å². The Morgan fingerprint density at radius 1 is 1.08 bits per heavy atom. The van der Waals surface area contributed by atoms with Crippen LogP contribution in [-0.2, 0) is 4.79 Å². The number of hydrogen-bond donors (Lipinski definition) is 2. The normalized spacial score (nSPS) is 10.1. The third-order valence-electron chi connectivity index (χ3n) is 3.33.